The van der Waals surface area contributed by atoms with Gasteiger partial charge in [-0.15, -0.1) is 0 Å². The third-order valence-corrected chi connectivity index (χ3v) is 3.84. The molecule has 0 saturated heterocycles. The summed E-state index contributed by atoms with van der Waals surface area (Å²) in [5.74, 6) is 1.22. The van der Waals surface area contributed by atoms with Crippen molar-refractivity contribution >= 4 is 0 Å². The first-order valence-corrected chi connectivity index (χ1v) is 7.70. The predicted molar refractivity (Wildman–Crippen MR) is 89.9 cm³/mol. The smallest absolute Gasteiger partial charge is 0.259 e. The summed E-state index contributed by atoms with van der Waals surface area (Å²) in [6, 6.07) is 14.4. The Hall–Kier alpha value is -2.53. The van der Waals surface area contributed by atoms with Crippen LogP contribution in [0.2, 0.25) is 0 Å². The highest BCUT2D eigenvalue weighted by molar-refractivity contribution is 5.64. The summed E-state index contributed by atoms with van der Waals surface area (Å²) < 4.78 is 5.39. The van der Waals surface area contributed by atoms with Gasteiger partial charge in [0.2, 0.25) is 0 Å². The van der Waals surface area contributed by atoms with Crippen LogP contribution in [-0.4, -0.2) is 28.2 Å². The van der Waals surface area contributed by atoms with E-state index < -0.39 is 0 Å². The van der Waals surface area contributed by atoms with Crippen LogP contribution in [0.1, 0.15) is 18.4 Å². The van der Waals surface area contributed by atoms with Gasteiger partial charge in [-0.1, -0.05) is 35.5 Å². The minimum absolute atomic E-state index is 0.306. The topological polar surface area (TPSA) is 63.8 Å². The van der Waals surface area contributed by atoms with Crippen LogP contribution < -0.4 is 5.32 Å². The zero-order chi connectivity index (χ0) is 16.2. The van der Waals surface area contributed by atoms with E-state index in [1.54, 1.807) is 0 Å². The van der Waals surface area contributed by atoms with Crippen molar-refractivity contribution in [2.45, 2.75) is 26.3 Å². The number of pyridine rings is 1. The number of benzene rings is 1. The molecule has 0 aliphatic heterocycles. The fraction of sp³-hybridized carbons (Fsp3) is 0.278. The fourth-order valence-corrected chi connectivity index (χ4v) is 2.38. The molecule has 0 spiro atoms. The van der Waals surface area contributed by atoms with Gasteiger partial charge in [0.15, 0.2) is 5.82 Å². The number of likely N-dealkylation sites (N-methyl/N-ethyl adjacent to an activating group) is 1. The van der Waals surface area contributed by atoms with Gasteiger partial charge in [0.1, 0.15) is 0 Å². The second-order valence-corrected chi connectivity index (χ2v) is 5.61. The van der Waals surface area contributed by atoms with Gasteiger partial charge in [-0.3, -0.25) is 4.98 Å². The van der Waals surface area contributed by atoms with Crippen molar-refractivity contribution in [1.29, 1.82) is 0 Å². The van der Waals surface area contributed by atoms with E-state index in [-0.39, 0.29) is 0 Å². The first kappa shape index (κ1) is 15.4. The lowest BCUT2D eigenvalue weighted by Gasteiger charge is -2.05. The maximum Gasteiger partial charge on any atom is 0.259 e. The number of rotatable bonds is 5. The number of hydrogen-bond acceptors (Lipinski definition) is 5. The van der Waals surface area contributed by atoms with Crippen molar-refractivity contribution < 1.29 is 4.52 Å². The average molecular weight is 308 g/mol. The van der Waals surface area contributed by atoms with Crippen molar-refractivity contribution in [3.63, 3.8) is 0 Å². The summed E-state index contributed by atoms with van der Waals surface area (Å²) in [5.41, 5.74) is 3.79. The van der Waals surface area contributed by atoms with Crippen LogP contribution in [0.25, 0.3) is 22.7 Å². The van der Waals surface area contributed by atoms with Crippen molar-refractivity contribution in [2.24, 2.45) is 0 Å². The lowest BCUT2D eigenvalue weighted by atomic mass is 10.1. The third kappa shape index (κ3) is 3.46. The molecule has 0 fully saturated rings. The molecule has 0 bridgehead atoms. The van der Waals surface area contributed by atoms with E-state index in [0.29, 0.717) is 17.8 Å². The molecule has 0 aliphatic rings. The summed E-state index contributed by atoms with van der Waals surface area (Å²) in [6.45, 7) is 4.04. The second-order valence-electron chi connectivity index (χ2n) is 5.61. The first-order valence-electron chi connectivity index (χ1n) is 7.70. The molecule has 3 rings (SSSR count). The summed E-state index contributed by atoms with van der Waals surface area (Å²) in [7, 11) is 1.92. The monoisotopic (exact) mass is 308 g/mol. The van der Waals surface area contributed by atoms with E-state index in [0.717, 1.165) is 28.9 Å². The molecule has 0 saturated carbocycles. The van der Waals surface area contributed by atoms with Crippen LogP contribution in [0.4, 0.5) is 0 Å². The maximum absolute atomic E-state index is 5.39. The Morgan fingerprint density at radius 3 is 2.57 bits per heavy atom. The lowest BCUT2D eigenvalue weighted by molar-refractivity contribution is 0.418. The second kappa shape index (κ2) is 6.71. The zero-order valence-electron chi connectivity index (χ0n) is 13.6. The SMILES string of the molecule is CNC(C)Cc1noc(-c2ccc(-c3ccccc3)nc2C)n1. The van der Waals surface area contributed by atoms with Crippen molar-refractivity contribution in [3.05, 3.63) is 54.0 Å². The van der Waals surface area contributed by atoms with E-state index in [1.807, 2.05) is 56.4 Å². The summed E-state index contributed by atoms with van der Waals surface area (Å²) >= 11 is 0. The molecule has 0 radical (unpaired) electrons. The van der Waals surface area contributed by atoms with E-state index in [4.69, 9.17) is 4.52 Å². The molecule has 2 aromatic heterocycles. The van der Waals surface area contributed by atoms with Gasteiger partial charge < -0.3 is 9.84 Å². The van der Waals surface area contributed by atoms with Gasteiger partial charge in [0.05, 0.1) is 17.0 Å². The molecule has 118 valence electrons. The summed E-state index contributed by atoms with van der Waals surface area (Å²) in [4.78, 5) is 9.14. The molecule has 23 heavy (non-hydrogen) atoms. The van der Waals surface area contributed by atoms with Gasteiger partial charge in [0, 0.05) is 18.0 Å². The first-order chi connectivity index (χ1) is 11.2. The standard InChI is InChI=1S/C18H20N4O/c1-12(19-3)11-17-21-18(23-22-17)15-9-10-16(20-13(15)2)14-7-5-4-6-8-14/h4-10,12,19H,11H2,1-3H3. The van der Waals surface area contributed by atoms with Crippen LogP contribution in [0.15, 0.2) is 47.0 Å². The molecule has 2 heterocycles. The van der Waals surface area contributed by atoms with E-state index in [9.17, 15) is 0 Å². The van der Waals surface area contributed by atoms with Gasteiger partial charge in [-0.2, -0.15) is 4.98 Å². The average Bonchev–Trinajstić information content (AvgIpc) is 3.03. The van der Waals surface area contributed by atoms with Crippen LogP contribution in [0.3, 0.4) is 0 Å². The summed E-state index contributed by atoms with van der Waals surface area (Å²) in [6.07, 6.45) is 0.731. The largest absolute Gasteiger partial charge is 0.334 e. The molecule has 1 aromatic carbocycles. The molecule has 0 amide bonds. The van der Waals surface area contributed by atoms with Gasteiger partial charge in [-0.25, -0.2) is 0 Å². The Morgan fingerprint density at radius 2 is 1.87 bits per heavy atom. The van der Waals surface area contributed by atoms with E-state index >= 15 is 0 Å². The molecular weight excluding hydrogens is 288 g/mol. The van der Waals surface area contributed by atoms with Gasteiger partial charge in [-0.05, 0) is 33.0 Å². The van der Waals surface area contributed by atoms with Crippen LogP contribution in [-0.2, 0) is 6.42 Å². The molecule has 0 aliphatic carbocycles. The fourth-order valence-electron chi connectivity index (χ4n) is 2.38. The van der Waals surface area contributed by atoms with Crippen LogP contribution in [0, 0.1) is 6.92 Å². The molecule has 5 nitrogen and oxygen atoms in total. The number of nitrogens with one attached hydrogen (secondary N) is 1. The minimum Gasteiger partial charge on any atom is -0.334 e. The minimum atomic E-state index is 0.306. The maximum atomic E-state index is 5.39. The van der Waals surface area contributed by atoms with Crippen molar-refractivity contribution in [2.75, 3.05) is 7.05 Å². The Balaban J connectivity index is 1.87. The number of aryl methyl sites for hydroxylation is 1. The van der Waals surface area contributed by atoms with E-state index in [1.165, 1.54) is 0 Å². The number of aromatic nitrogens is 3. The quantitative estimate of drug-likeness (QED) is 0.784. The summed E-state index contributed by atoms with van der Waals surface area (Å²) in [5, 5.41) is 7.21. The Labute approximate surface area is 135 Å². The molecule has 5 heteroatoms. The van der Waals surface area contributed by atoms with Crippen LogP contribution >= 0.6 is 0 Å². The highest BCUT2D eigenvalue weighted by Crippen LogP contribution is 2.24. The van der Waals surface area contributed by atoms with Crippen molar-refractivity contribution in [1.82, 2.24) is 20.4 Å². The molecule has 1 unspecified atom stereocenters. The predicted octanol–water partition coefficient (Wildman–Crippen LogP) is 3.26. The van der Waals surface area contributed by atoms with Gasteiger partial charge >= 0.3 is 0 Å². The number of hydrogen-bond donors (Lipinski definition) is 1. The molecule has 3 aromatic rings. The Bertz CT molecular complexity index is 783. The van der Waals surface area contributed by atoms with Gasteiger partial charge in [0.25, 0.3) is 5.89 Å². The molecule has 1 N–H and O–H groups in total. The Kier molecular flexibility index (Phi) is 4.48. The highest BCUT2D eigenvalue weighted by atomic mass is 16.5. The number of nitrogens with zero attached hydrogens (tertiary/aromatic N) is 3. The van der Waals surface area contributed by atoms with Crippen LogP contribution in [0.5, 0.6) is 0 Å². The molecule has 1 atom stereocenters. The highest BCUT2D eigenvalue weighted by Gasteiger charge is 2.14. The van der Waals surface area contributed by atoms with Crippen molar-refractivity contribution in [3.8, 4) is 22.7 Å². The third-order valence-electron chi connectivity index (χ3n) is 3.84. The lowest BCUT2D eigenvalue weighted by Crippen LogP contribution is -2.24. The van der Waals surface area contributed by atoms with E-state index in [2.05, 4.69) is 27.4 Å². The normalized spacial score (nSPS) is 12.3. The zero-order valence-corrected chi connectivity index (χ0v) is 13.6. The molecular formula is C18H20N4O. The Morgan fingerprint density at radius 1 is 1.09 bits per heavy atom.